The summed E-state index contributed by atoms with van der Waals surface area (Å²) in [5, 5.41) is 11.9. The van der Waals surface area contributed by atoms with Crippen molar-refractivity contribution in [2.75, 3.05) is 26.2 Å². The number of rotatable bonds is 0. The van der Waals surface area contributed by atoms with E-state index in [0.717, 1.165) is 0 Å². The molecule has 16 atom stereocenters. The SMILES string of the molecule is CC1(C)O[C@@H]2[C@@H]3OC(C)(C)O[C@H]3C(=O)NC[C@H]3OC(C)(C)O[C@@H]3[C@@H]3OC(C)(C)O[C@H]3C(=O)NC[C@H]3OC(C)(C)O[C@@H]3[C@@H]3OC(C)(C)O[C@H]3C(=O)NC[C@H]3OC(C)(C)O[C@@H]3[C@@H]3OC(C)(C)O[C@H]3C(=O)NC[C@H]2O1. The quantitative estimate of drug-likeness (QED) is 0.259. The van der Waals surface area contributed by atoms with Gasteiger partial charge in [-0.15, -0.1) is 0 Å². The largest absolute Gasteiger partial charge is 0.351 e. The predicted octanol–water partition coefficient (Wildman–Crippen LogP) is 0.626. The minimum Gasteiger partial charge on any atom is -0.351 e. The zero-order chi connectivity index (χ0) is 52.5. The fraction of sp³-hybridized carbons (Fsp3) is 0.917. The number of ether oxygens (including phenoxy) is 16. The van der Waals surface area contributed by atoms with Crippen molar-refractivity contribution in [3.05, 3.63) is 0 Å². The Balaban J connectivity index is 1.03. The molecule has 9 heterocycles. The van der Waals surface area contributed by atoms with Gasteiger partial charge < -0.3 is 97.1 Å². The monoisotopic (exact) mass is 1030 g/mol. The highest BCUT2D eigenvalue weighted by Crippen LogP contribution is 2.44. The highest BCUT2D eigenvalue weighted by molar-refractivity contribution is 5.84. The molecular weight excluding hydrogens is 953 g/mol. The molecule has 0 bridgehead atoms. The summed E-state index contributed by atoms with van der Waals surface area (Å²) in [6.07, 6.45) is -16.1. The Morgan fingerprint density at radius 1 is 0.250 bits per heavy atom. The Morgan fingerprint density at radius 3 is 0.583 bits per heavy atom. The van der Waals surface area contributed by atoms with Crippen molar-refractivity contribution in [2.45, 2.75) is 255 Å². The highest BCUT2D eigenvalue weighted by atomic mass is 16.8. The van der Waals surface area contributed by atoms with Crippen molar-refractivity contribution < 1.29 is 95.0 Å². The van der Waals surface area contributed by atoms with E-state index in [9.17, 15) is 19.2 Å². The molecule has 9 saturated heterocycles. The van der Waals surface area contributed by atoms with Crippen LogP contribution in [0.25, 0.3) is 0 Å². The van der Waals surface area contributed by atoms with Crippen LogP contribution >= 0.6 is 0 Å². The number of amides is 4. The van der Waals surface area contributed by atoms with E-state index in [0.29, 0.717) is 0 Å². The first-order valence-corrected chi connectivity index (χ1v) is 25.1. The smallest absolute Gasteiger partial charge is 0.252 e. The molecule has 9 rings (SSSR count). The van der Waals surface area contributed by atoms with Crippen LogP contribution in [-0.2, 0) is 95.0 Å². The Kier molecular flexibility index (Phi) is 13.9. The molecule has 24 heteroatoms. The van der Waals surface area contributed by atoms with E-state index < -0.39 is 168 Å². The van der Waals surface area contributed by atoms with Gasteiger partial charge in [0.15, 0.2) is 70.7 Å². The average molecular weight is 1030 g/mol. The van der Waals surface area contributed by atoms with Gasteiger partial charge in [0.2, 0.25) is 0 Å². The zero-order valence-electron chi connectivity index (χ0n) is 44.2. The molecule has 9 aliphatic heterocycles. The standard InChI is InChI=1S/C48H76N4O20/c1-41(2)57-21-17-49-38(54)34-30(66-46(11,12)70-34)26-23(59-43(5,6)62-26)19-51-40(56)36-32(68-48(15,16)72-36)28-24(60-44(7,8)64-28)20-52-39(55)35-31(67-47(13,14)71-35)27-22(58-42(3,4)63-27)18-50-37(53)33-29(25(21)61-41)65-45(9,10)69-33/h21-36H,17-20H2,1-16H3,(H,49,54)(H,50,53)(H,51,56)(H,52,55)/t21-,22-,23-,24-,25+,26+,27+,28+,29+,30+,31+,32+,33-,34-,35-,36-/m1/s1. The molecule has 0 aliphatic carbocycles. The number of carbonyl (C=O) groups is 4. The lowest BCUT2D eigenvalue weighted by Crippen LogP contribution is -2.56. The summed E-state index contributed by atoms with van der Waals surface area (Å²) in [4.78, 5) is 57.6. The Labute approximate surface area is 420 Å². The molecule has 24 nitrogen and oxygen atoms in total. The third-order valence-corrected chi connectivity index (χ3v) is 13.6. The molecule has 0 saturated carbocycles. The Hall–Kier alpha value is -2.76. The first-order chi connectivity index (χ1) is 33.1. The van der Waals surface area contributed by atoms with E-state index in [1.54, 1.807) is 111 Å². The number of hydrogen-bond donors (Lipinski definition) is 4. The molecule has 0 unspecified atom stereocenters. The number of carbonyl (C=O) groups excluding carboxylic acids is 4. The summed E-state index contributed by atoms with van der Waals surface area (Å²) >= 11 is 0. The van der Waals surface area contributed by atoms with Crippen molar-refractivity contribution in [3.8, 4) is 0 Å². The average Bonchev–Trinajstić information content (AvgIpc) is 4.12. The van der Waals surface area contributed by atoms with Crippen LogP contribution in [0.2, 0.25) is 0 Å². The van der Waals surface area contributed by atoms with Gasteiger partial charge in [-0.2, -0.15) is 0 Å². The van der Waals surface area contributed by atoms with Crippen LogP contribution in [0.3, 0.4) is 0 Å². The molecule has 0 aromatic rings. The molecule has 72 heavy (non-hydrogen) atoms. The number of fused-ring (bicyclic) bond motifs is 12. The van der Waals surface area contributed by atoms with Crippen molar-refractivity contribution in [3.63, 3.8) is 0 Å². The molecule has 4 amide bonds. The van der Waals surface area contributed by atoms with E-state index in [2.05, 4.69) is 21.3 Å². The molecule has 9 fully saturated rings. The van der Waals surface area contributed by atoms with Crippen LogP contribution in [-0.4, -0.2) is 194 Å². The summed E-state index contributed by atoms with van der Waals surface area (Å²) in [6.45, 7) is 26.8. The van der Waals surface area contributed by atoms with Crippen LogP contribution in [0.5, 0.6) is 0 Å². The molecule has 0 aromatic carbocycles. The van der Waals surface area contributed by atoms with Crippen LogP contribution in [0.15, 0.2) is 0 Å². The van der Waals surface area contributed by atoms with E-state index in [4.69, 9.17) is 75.8 Å². The van der Waals surface area contributed by atoms with Gasteiger partial charge in [0.05, 0.1) is 0 Å². The lowest BCUT2D eigenvalue weighted by atomic mass is 9.99. The van der Waals surface area contributed by atoms with Gasteiger partial charge in [-0.05, 0) is 111 Å². The van der Waals surface area contributed by atoms with E-state index in [1.165, 1.54) is 0 Å². The molecule has 0 aromatic heterocycles. The number of hydrogen-bond acceptors (Lipinski definition) is 20. The first-order valence-electron chi connectivity index (χ1n) is 25.1. The van der Waals surface area contributed by atoms with Gasteiger partial charge in [-0.25, -0.2) is 0 Å². The summed E-state index contributed by atoms with van der Waals surface area (Å²) in [7, 11) is 0. The van der Waals surface area contributed by atoms with Crippen molar-refractivity contribution >= 4 is 23.6 Å². The maximum atomic E-state index is 14.4. The van der Waals surface area contributed by atoms with Crippen molar-refractivity contribution in [1.29, 1.82) is 0 Å². The molecule has 4 N–H and O–H groups in total. The summed E-state index contributed by atoms with van der Waals surface area (Å²) in [5.41, 5.74) is 0. The molecular formula is C48H76N4O20. The van der Waals surface area contributed by atoms with Gasteiger partial charge in [0, 0.05) is 26.2 Å². The first kappa shape index (κ1) is 54.0. The van der Waals surface area contributed by atoms with Gasteiger partial charge in [-0.3, -0.25) is 19.2 Å². The van der Waals surface area contributed by atoms with Gasteiger partial charge in [-0.1, -0.05) is 0 Å². The third-order valence-electron chi connectivity index (χ3n) is 13.6. The summed E-state index contributed by atoms with van der Waals surface area (Å²) < 4.78 is 102. The maximum absolute atomic E-state index is 14.4. The lowest BCUT2D eigenvalue weighted by molar-refractivity contribution is -0.175. The second-order valence-corrected chi connectivity index (χ2v) is 23.6. The summed E-state index contributed by atoms with van der Waals surface area (Å²) in [6, 6.07) is 0. The van der Waals surface area contributed by atoms with Gasteiger partial charge in [0.1, 0.15) is 73.2 Å². The van der Waals surface area contributed by atoms with Crippen LogP contribution in [0, 0.1) is 0 Å². The predicted molar refractivity (Wildman–Crippen MR) is 243 cm³/mol. The van der Waals surface area contributed by atoms with E-state index >= 15 is 0 Å². The van der Waals surface area contributed by atoms with Crippen molar-refractivity contribution in [2.24, 2.45) is 0 Å². The normalized spacial score (nSPS) is 45.0. The second kappa shape index (κ2) is 18.5. The lowest BCUT2D eigenvalue weighted by Gasteiger charge is -2.29. The van der Waals surface area contributed by atoms with E-state index in [-0.39, 0.29) is 26.2 Å². The maximum Gasteiger partial charge on any atom is 0.252 e. The fourth-order valence-corrected chi connectivity index (χ4v) is 11.3. The summed E-state index contributed by atoms with van der Waals surface area (Å²) in [5.74, 6) is -11.8. The van der Waals surface area contributed by atoms with Crippen LogP contribution < -0.4 is 21.3 Å². The van der Waals surface area contributed by atoms with Crippen LogP contribution in [0.1, 0.15) is 111 Å². The highest BCUT2D eigenvalue weighted by Gasteiger charge is 2.61. The van der Waals surface area contributed by atoms with Crippen molar-refractivity contribution in [1.82, 2.24) is 21.3 Å². The van der Waals surface area contributed by atoms with Crippen LogP contribution in [0.4, 0.5) is 0 Å². The second-order valence-electron chi connectivity index (χ2n) is 23.6. The third kappa shape index (κ3) is 11.3. The Bertz CT molecular complexity index is 1810. The minimum atomic E-state index is -1.24. The van der Waals surface area contributed by atoms with E-state index in [1.807, 2.05) is 0 Å². The Morgan fingerprint density at radius 2 is 0.403 bits per heavy atom. The zero-order valence-corrected chi connectivity index (χ0v) is 44.2. The number of nitrogens with one attached hydrogen (secondary N) is 4. The van der Waals surface area contributed by atoms with Gasteiger partial charge in [0.25, 0.3) is 23.6 Å². The minimum absolute atomic E-state index is 0.102. The molecule has 9 aliphatic rings. The molecule has 408 valence electrons. The van der Waals surface area contributed by atoms with Gasteiger partial charge >= 0.3 is 0 Å². The molecule has 0 spiro atoms. The fourth-order valence-electron chi connectivity index (χ4n) is 11.3. The molecule has 0 radical (unpaired) electrons. The topological polar surface area (TPSA) is 264 Å².